The second-order valence-corrected chi connectivity index (χ2v) is 5.16. The Morgan fingerprint density at radius 2 is 1.94 bits per heavy atom. The van der Waals surface area contributed by atoms with E-state index in [2.05, 4.69) is 13.0 Å². The fourth-order valence-corrected chi connectivity index (χ4v) is 2.24. The van der Waals surface area contributed by atoms with Crippen molar-refractivity contribution in [1.82, 2.24) is 0 Å². The number of carbonyl (C=O) groups excluding carboxylic acids is 1. The van der Waals surface area contributed by atoms with Gasteiger partial charge in [0.05, 0.1) is 0 Å². The molecule has 1 nitrogen and oxygen atoms in total. The minimum Gasteiger partial charge on any atom is -0.294 e. The van der Waals surface area contributed by atoms with Crippen LogP contribution in [0.5, 0.6) is 0 Å². The minimum atomic E-state index is 0.108. The molecular formula is C17H22O. The number of allylic oxidation sites excluding steroid dienone is 2. The molecule has 96 valence electrons. The van der Waals surface area contributed by atoms with E-state index in [4.69, 9.17) is 0 Å². The van der Waals surface area contributed by atoms with Gasteiger partial charge < -0.3 is 0 Å². The highest BCUT2D eigenvalue weighted by molar-refractivity contribution is 5.98. The number of benzene rings is 1. The van der Waals surface area contributed by atoms with Gasteiger partial charge in [0, 0.05) is 11.5 Å². The third-order valence-corrected chi connectivity index (χ3v) is 3.49. The van der Waals surface area contributed by atoms with Crippen LogP contribution in [-0.4, -0.2) is 5.78 Å². The third-order valence-electron chi connectivity index (χ3n) is 3.49. The largest absolute Gasteiger partial charge is 0.294 e. The van der Waals surface area contributed by atoms with Crippen LogP contribution in [0.4, 0.5) is 0 Å². The fraction of sp³-hybridized carbons (Fsp3) is 0.471. The van der Waals surface area contributed by atoms with Gasteiger partial charge in [-0.1, -0.05) is 68.2 Å². The first-order valence-electron chi connectivity index (χ1n) is 7.10. The Morgan fingerprint density at radius 3 is 2.56 bits per heavy atom. The van der Waals surface area contributed by atoms with E-state index in [-0.39, 0.29) is 5.92 Å². The zero-order valence-electron chi connectivity index (χ0n) is 11.2. The molecule has 1 heteroatoms. The van der Waals surface area contributed by atoms with Gasteiger partial charge >= 0.3 is 0 Å². The lowest BCUT2D eigenvalue weighted by Crippen LogP contribution is -2.12. The van der Waals surface area contributed by atoms with Crippen molar-refractivity contribution < 1.29 is 4.79 Å². The summed E-state index contributed by atoms with van der Waals surface area (Å²) in [7, 11) is 0. The molecule has 1 saturated carbocycles. The molecule has 0 aliphatic heterocycles. The maximum absolute atomic E-state index is 12.5. The summed E-state index contributed by atoms with van der Waals surface area (Å²) in [5.74, 6) is 0.405. The van der Waals surface area contributed by atoms with E-state index < -0.39 is 0 Å². The van der Waals surface area contributed by atoms with E-state index in [1.807, 2.05) is 30.3 Å². The highest BCUT2D eigenvalue weighted by atomic mass is 16.1. The second-order valence-electron chi connectivity index (χ2n) is 5.16. The Kier molecular flexibility index (Phi) is 4.74. The molecule has 0 spiro atoms. The van der Waals surface area contributed by atoms with Gasteiger partial charge in [-0.3, -0.25) is 4.79 Å². The van der Waals surface area contributed by atoms with Crippen LogP contribution in [0.3, 0.4) is 0 Å². The Hall–Kier alpha value is -1.37. The number of carbonyl (C=O) groups is 1. The van der Waals surface area contributed by atoms with Crippen molar-refractivity contribution >= 4 is 5.78 Å². The molecule has 0 heterocycles. The van der Waals surface area contributed by atoms with Crippen molar-refractivity contribution in [2.24, 2.45) is 5.92 Å². The maximum atomic E-state index is 12.5. The molecule has 0 amide bonds. The third kappa shape index (κ3) is 3.83. The molecule has 0 bridgehead atoms. The van der Waals surface area contributed by atoms with Gasteiger partial charge in [-0.15, -0.1) is 0 Å². The molecule has 1 fully saturated rings. The Bertz CT molecular complexity index is 410. The molecule has 0 saturated heterocycles. The van der Waals surface area contributed by atoms with E-state index in [9.17, 15) is 4.79 Å². The topological polar surface area (TPSA) is 17.1 Å². The molecule has 1 atom stereocenters. The van der Waals surface area contributed by atoms with E-state index >= 15 is 0 Å². The Labute approximate surface area is 110 Å². The van der Waals surface area contributed by atoms with Crippen LogP contribution in [0.1, 0.15) is 55.8 Å². The van der Waals surface area contributed by atoms with Crippen LogP contribution in [0.2, 0.25) is 0 Å². The molecule has 0 aromatic heterocycles. The molecule has 0 radical (unpaired) electrons. The molecule has 1 aliphatic rings. The van der Waals surface area contributed by atoms with Gasteiger partial charge in [0.25, 0.3) is 0 Å². The van der Waals surface area contributed by atoms with Gasteiger partial charge in [-0.25, -0.2) is 0 Å². The SMILES string of the molecule is CCCCCC(C=C1CC1)C(=O)c1ccccc1. The lowest BCUT2D eigenvalue weighted by atomic mass is 9.92. The van der Waals surface area contributed by atoms with Crippen molar-refractivity contribution in [3.63, 3.8) is 0 Å². The van der Waals surface area contributed by atoms with E-state index in [1.165, 1.54) is 31.3 Å². The van der Waals surface area contributed by atoms with Crippen LogP contribution in [-0.2, 0) is 0 Å². The number of unbranched alkanes of at least 4 members (excludes halogenated alkanes) is 2. The number of hydrogen-bond acceptors (Lipinski definition) is 1. The summed E-state index contributed by atoms with van der Waals surface area (Å²) < 4.78 is 0. The minimum absolute atomic E-state index is 0.108. The number of rotatable bonds is 7. The van der Waals surface area contributed by atoms with Gasteiger partial charge in [0.15, 0.2) is 5.78 Å². The fourth-order valence-electron chi connectivity index (χ4n) is 2.24. The van der Waals surface area contributed by atoms with Crippen molar-refractivity contribution in [1.29, 1.82) is 0 Å². The summed E-state index contributed by atoms with van der Waals surface area (Å²) in [6.45, 7) is 2.20. The van der Waals surface area contributed by atoms with Crippen LogP contribution >= 0.6 is 0 Å². The number of Topliss-reactive ketones (excluding diaryl/α,β-unsaturated/α-hetero) is 1. The van der Waals surface area contributed by atoms with Crippen molar-refractivity contribution in [3.8, 4) is 0 Å². The first kappa shape index (κ1) is 13.1. The van der Waals surface area contributed by atoms with Gasteiger partial charge in [-0.2, -0.15) is 0 Å². The molecule has 1 unspecified atom stereocenters. The van der Waals surface area contributed by atoms with E-state index in [1.54, 1.807) is 0 Å². The Balaban J connectivity index is 2.03. The summed E-state index contributed by atoms with van der Waals surface area (Å²) in [6, 6.07) is 9.71. The number of ketones is 1. The second kappa shape index (κ2) is 6.53. The molecule has 18 heavy (non-hydrogen) atoms. The van der Waals surface area contributed by atoms with E-state index in [0.717, 1.165) is 18.4 Å². The monoisotopic (exact) mass is 242 g/mol. The van der Waals surface area contributed by atoms with Crippen LogP contribution in [0.15, 0.2) is 42.0 Å². The lowest BCUT2D eigenvalue weighted by molar-refractivity contribution is 0.0938. The van der Waals surface area contributed by atoms with Crippen molar-refractivity contribution in [2.45, 2.75) is 45.4 Å². The summed E-state index contributed by atoms with van der Waals surface area (Å²) >= 11 is 0. The van der Waals surface area contributed by atoms with Gasteiger partial charge in [0.1, 0.15) is 0 Å². The van der Waals surface area contributed by atoms with Crippen LogP contribution in [0, 0.1) is 5.92 Å². The molecular weight excluding hydrogens is 220 g/mol. The summed E-state index contributed by atoms with van der Waals surface area (Å²) in [6.07, 6.45) is 9.23. The summed E-state index contributed by atoms with van der Waals surface area (Å²) in [5, 5.41) is 0. The normalized spacial score (nSPS) is 15.3. The average molecular weight is 242 g/mol. The Morgan fingerprint density at radius 1 is 1.22 bits per heavy atom. The molecule has 1 aromatic rings. The van der Waals surface area contributed by atoms with E-state index in [0.29, 0.717) is 5.78 Å². The van der Waals surface area contributed by atoms with Crippen molar-refractivity contribution in [2.75, 3.05) is 0 Å². The molecule has 0 N–H and O–H groups in total. The first-order valence-corrected chi connectivity index (χ1v) is 7.10. The zero-order valence-corrected chi connectivity index (χ0v) is 11.2. The number of hydrogen-bond donors (Lipinski definition) is 0. The van der Waals surface area contributed by atoms with Gasteiger partial charge in [0.2, 0.25) is 0 Å². The first-order chi connectivity index (χ1) is 8.81. The highest BCUT2D eigenvalue weighted by Crippen LogP contribution is 2.31. The lowest BCUT2D eigenvalue weighted by Gasteiger charge is -2.11. The molecule has 2 rings (SSSR count). The zero-order chi connectivity index (χ0) is 12.8. The predicted molar refractivity (Wildman–Crippen MR) is 75.7 cm³/mol. The van der Waals surface area contributed by atoms with Crippen molar-refractivity contribution in [3.05, 3.63) is 47.5 Å². The average Bonchev–Trinajstić information content (AvgIpc) is 3.22. The highest BCUT2D eigenvalue weighted by Gasteiger charge is 2.21. The predicted octanol–water partition coefficient (Wildman–Crippen LogP) is 4.79. The summed E-state index contributed by atoms with van der Waals surface area (Å²) in [5.41, 5.74) is 2.33. The summed E-state index contributed by atoms with van der Waals surface area (Å²) in [4.78, 5) is 12.5. The smallest absolute Gasteiger partial charge is 0.169 e. The quantitative estimate of drug-likeness (QED) is 0.382. The maximum Gasteiger partial charge on any atom is 0.169 e. The molecule has 1 aromatic carbocycles. The molecule has 1 aliphatic carbocycles. The van der Waals surface area contributed by atoms with Gasteiger partial charge in [-0.05, 0) is 19.3 Å². The van der Waals surface area contributed by atoms with Crippen LogP contribution in [0.25, 0.3) is 0 Å². The standard InChI is InChI=1S/C17H22O/c1-2-3-5-10-16(13-14-11-12-14)17(18)15-8-6-4-7-9-15/h4,6-9,13,16H,2-3,5,10-12H2,1H3. The van der Waals surface area contributed by atoms with Crippen LogP contribution < -0.4 is 0 Å².